The Hall–Kier alpha value is -1.38. The molecule has 0 atom stereocenters. The van der Waals surface area contributed by atoms with E-state index >= 15 is 0 Å². The zero-order valence-corrected chi connectivity index (χ0v) is 15.2. The molecular formula is C20H30O2. The van der Waals surface area contributed by atoms with Crippen molar-refractivity contribution < 1.29 is 9.78 Å². The molecule has 0 aliphatic heterocycles. The normalized spacial score (nSPS) is 12.3. The van der Waals surface area contributed by atoms with Crippen LogP contribution in [0.3, 0.4) is 0 Å². The Morgan fingerprint density at radius 2 is 1.59 bits per heavy atom. The number of hydrogen-bond acceptors (Lipinski definition) is 2. The Kier molecular flexibility index (Phi) is 5.77. The van der Waals surface area contributed by atoms with Gasteiger partial charge >= 0.3 is 0 Å². The maximum atomic E-state index is 5.83. The molecule has 22 heavy (non-hydrogen) atoms. The third kappa shape index (κ3) is 4.31. The standard InChI is InChI=1S/C20H30O2/c1-10-19(6,7)21-22-20(8,9)17-13-11-12-16(14(2)3)18(17)15(4)5/h11-13H,2,4,10H2,1,3,5-9H3. The van der Waals surface area contributed by atoms with Crippen molar-refractivity contribution in [2.24, 2.45) is 0 Å². The summed E-state index contributed by atoms with van der Waals surface area (Å²) in [6, 6.07) is 6.17. The maximum absolute atomic E-state index is 5.83. The smallest absolute Gasteiger partial charge is 0.123 e. The molecule has 1 rings (SSSR count). The first-order valence-electron chi connectivity index (χ1n) is 7.84. The Balaban J connectivity index is 3.27. The summed E-state index contributed by atoms with van der Waals surface area (Å²) in [5, 5.41) is 0. The second-order valence-corrected chi connectivity index (χ2v) is 7.08. The fourth-order valence-corrected chi connectivity index (χ4v) is 2.19. The van der Waals surface area contributed by atoms with E-state index in [4.69, 9.17) is 9.78 Å². The van der Waals surface area contributed by atoms with Crippen molar-refractivity contribution in [1.82, 2.24) is 0 Å². The van der Waals surface area contributed by atoms with Gasteiger partial charge in [-0.3, -0.25) is 0 Å². The summed E-state index contributed by atoms with van der Waals surface area (Å²) in [6.07, 6.45) is 0.877. The number of allylic oxidation sites excluding steroid dienone is 2. The van der Waals surface area contributed by atoms with Gasteiger partial charge in [0.15, 0.2) is 0 Å². The summed E-state index contributed by atoms with van der Waals surface area (Å²) < 4.78 is 0. The SMILES string of the molecule is C=C(C)c1cccc(C(C)(C)OOC(C)(C)CC)c1C(=C)C. The van der Waals surface area contributed by atoms with Crippen LogP contribution in [0.5, 0.6) is 0 Å². The average molecular weight is 302 g/mol. The molecule has 0 aromatic heterocycles. The van der Waals surface area contributed by atoms with Gasteiger partial charge in [-0.25, -0.2) is 9.78 Å². The van der Waals surface area contributed by atoms with E-state index in [1.807, 2.05) is 47.6 Å². The van der Waals surface area contributed by atoms with Crippen molar-refractivity contribution in [3.8, 4) is 0 Å². The van der Waals surface area contributed by atoms with E-state index in [2.05, 4.69) is 32.2 Å². The highest BCUT2D eigenvalue weighted by Gasteiger charge is 2.30. The average Bonchev–Trinajstić information content (AvgIpc) is 2.44. The highest BCUT2D eigenvalue weighted by molar-refractivity contribution is 5.79. The predicted molar refractivity (Wildman–Crippen MR) is 95.4 cm³/mol. The molecule has 0 spiro atoms. The van der Waals surface area contributed by atoms with E-state index in [-0.39, 0.29) is 5.60 Å². The molecule has 0 aliphatic rings. The highest BCUT2D eigenvalue weighted by Crippen LogP contribution is 2.36. The third-order valence-corrected chi connectivity index (χ3v) is 3.93. The molecule has 0 saturated carbocycles. The van der Waals surface area contributed by atoms with Crippen molar-refractivity contribution in [1.29, 1.82) is 0 Å². The van der Waals surface area contributed by atoms with Gasteiger partial charge in [-0.2, -0.15) is 0 Å². The van der Waals surface area contributed by atoms with Crippen LogP contribution in [-0.2, 0) is 15.4 Å². The van der Waals surface area contributed by atoms with Crippen LogP contribution in [0.4, 0.5) is 0 Å². The molecule has 2 nitrogen and oxygen atoms in total. The van der Waals surface area contributed by atoms with Crippen LogP contribution in [-0.4, -0.2) is 5.60 Å². The highest BCUT2D eigenvalue weighted by atomic mass is 17.2. The molecule has 0 fully saturated rings. The molecule has 0 heterocycles. The fourth-order valence-electron chi connectivity index (χ4n) is 2.19. The lowest BCUT2D eigenvalue weighted by atomic mass is 9.85. The first-order chi connectivity index (χ1) is 10.0. The van der Waals surface area contributed by atoms with E-state index < -0.39 is 5.60 Å². The molecule has 0 unspecified atom stereocenters. The van der Waals surface area contributed by atoms with Gasteiger partial charge < -0.3 is 0 Å². The topological polar surface area (TPSA) is 18.5 Å². The van der Waals surface area contributed by atoms with Crippen LogP contribution in [0.25, 0.3) is 11.1 Å². The van der Waals surface area contributed by atoms with E-state index in [1.165, 1.54) is 0 Å². The minimum Gasteiger partial charge on any atom is -0.230 e. The lowest BCUT2D eigenvalue weighted by Gasteiger charge is -2.32. The summed E-state index contributed by atoms with van der Waals surface area (Å²) >= 11 is 0. The lowest BCUT2D eigenvalue weighted by molar-refractivity contribution is -0.405. The molecule has 0 aliphatic carbocycles. The van der Waals surface area contributed by atoms with Crippen LogP contribution in [0.15, 0.2) is 31.4 Å². The van der Waals surface area contributed by atoms with E-state index in [0.29, 0.717) is 0 Å². The van der Waals surface area contributed by atoms with Gasteiger partial charge in [0, 0.05) is 0 Å². The van der Waals surface area contributed by atoms with Crippen molar-refractivity contribution in [3.63, 3.8) is 0 Å². The second kappa shape index (κ2) is 6.80. The summed E-state index contributed by atoms with van der Waals surface area (Å²) in [6.45, 7) is 22.4. The Labute approximate surface area is 135 Å². The summed E-state index contributed by atoms with van der Waals surface area (Å²) in [4.78, 5) is 11.5. The quantitative estimate of drug-likeness (QED) is 0.446. The van der Waals surface area contributed by atoms with Crippen molar-refractivity contribution >= 4 is 11.1 Å². The van der Waals surface area contributed by atoms with Crippen LogP contribution >= 0.6 is 0 Å². The van der Waals surface area contributed by atoms with Gasteiger partial charge in [0.1, 0.15) is 5.60 Å². The molecular weight excluding hydrogens is 272 g/mol. The largest absolute Gasteiger partial charge is 0.230 e. The van der Waals surface area contributed by atoms with E-state index in [9.17, 15) is 0 Å². The minimum absolute atomic E-state index is 0.313. The van der Waals surface area contributed by atoms with Gasteiger partial charge in [0.05, 0.1) is 5.60 Å². The molecule has 2 heteroatoms. The minimum atomic E-state index is -0.577. The fraction of sp³-hybridized carbons (Fsp3) is 0.500. The molecule has 0 N–H and O–H groups in total. The lowest BCUT2D eigenvalue weighted by Crippen LogP contribution is -2.31. The van der Waals surface area contributed by atoms with Gasteiger partial charge in [0.2, 0.25) is 0 Å². The first kappa shape index (κ1) is 18.7. The Bertz CT molecular complexity index is 565. The van der Waals surface area contributed by atoms with Crippen molar-refractivity contribution in [3.05, 3.63) is 48.0 Å². The molecule has 0 saturated heterocycles. The second-order valence-electron chi connectivity index (χ2n) is 7.08. The van der Waals surface area contributed by atoms with Crippen LogP contribution < -0.4 is 0 Å². The zero-order valence-electron chi connectivity index (χ0n) is 15.2. The van der Waals surface area contributed by atoms with Gasteiger partial charge in [0.25, 0.3) is 0 Å². The van der Waals surface area contributed by atoms with Gasteiger partial charge in [-0.15, -0.1) is 0 Å². The number of rotatable bonds is 7. The van der Waals surface area contributed by atoms with E-state index in [1.54, 1.807) is 0 Å². The van der Waals surface area contributed by atoms with Crippen molar-refractivity contribution in [2.45, 2.75) is 66.1 Å². The maximum Gasteiger partial charge on any atom is 0.123 e. The summed E-state index contributed by atoms with van der Waals surface area (Å²) in [7, 11) is 0. The Morgan fingerprint density at radius 3 is 2.05 bits per heavy atom. The molecule has 1 aromatic carbocycles. The van der Waals surface area contributed by atoms with Crippen LogP contribution in [0, 0.1) is 0 Å². The first-order valence-corrected chi connectivity index (χ1v) is 7.84. The van der Waals surface area contributed by atoms with Gasteiger partial charge in [-0.1, -0.05) is 49.4 Å². The van der Waals surface area contributed by atoms with Crippen LogP contribution in [0.2, 0.25) is 0 Å². The number of benzene rings is 1. The Morgan fingerprint density at radius 1 is 1.00 bits per heavy atom. The van der Waals surface area contributed by atoms with E-state index in [0.717, 1.165) is 34.3 Å². The molecule has 0 amide bonds. The third-order valence-electron chi connectivity index (χ3n) is 3.93. The zero-order chi connectivity index (χ0) is 17.1. The summed E-state index contributed by atoms with van der Waals surface area (Å²) in [5.41, 5.74) is 4.39. The predicted octanol–water partition coefficient (Wildman–Crippen LogP) is 6.12. The van der Waals surface area contributed by atoms with Gasteiger partial charge in [-0.05, 0) is 64.7 Å². The summed E-state index contributed by atoms with van der Waals surface area (Å²) in [5.74, 6) is 0. The van der Waals surface area contributed by atoms with Crippen molar-refractivity contribution in [2.75, 3.05) is 0 Å². The van der Waals surface area contributed by atoms with Crippen LogP contribution in [0.1, 0.15) is 71.6 Å². The molecule has 0 radical (unpaired) electrons. The molecule has 122 valence electrons. The molecule has 0 bridgehead atoms. The monoisotopic (exact) mass is 302 g/mol. The number of hydrogen-bond donors (Lipinski definition) is 0. The molecule has 1 aromatic rings.